The zero-order valence-electron chi connectivity index (χ0n) is 21.2. The average Bonchev–Trinajstić information content (AvgIpc) is 3.34. The van der Waals surface area contributed by atoms with E-state index in [0.717, 1.165) is 41.5 Å². The summed E-state index contributed by atoms with van der Waals surface area (Å²) >= 11 is 6.03. The van der Waals surface area contributed by atoms with Crippen molar-refractivity contribution in [1.82, 2.24) is 9.88 Å². The van der Waals surface area contributed by atoms with Gasteiger partial charge >= 0.3 is 5.97 Å². The van der Waals surface area contributed by atoms with Crippen molar-refractivity contribution < 1.29 is 19.4 Å². The van der Waals surface area contributed by atoms with Crippen LogP contribution >= 0.6 is 11.6 Å². The topological polar surface area (TPSA) is 89.8 Å². The third-order valence-electron chi connectivity index (χ3n) is 6.62. The van der Waals surface area contributed by atoms with Crippen LogP contribution < -0.4 is 20.3 Å². The molecule has 0 saturated carbocycles. The number of nitrogens with zero attached hydrogens (tertiary/aromatic N) is 1. The zero-order valence-corrected chi connectivity index (χ0v) is 22.0. The molecule has 196 valence electrons. The Hall–Kier alpha value is -3.29. The number of carboxylic acid groups (broad SMARTS) is 1. The van der Waals surface area contributed by atoms with Crippen LogP contribution in [0.4, 0.5) is 0 Å². The summed E-state index contributed by atoms with van der Waals surface area (Å²) < 4.78 is 12.7. The van der Waals surface area contributed by atoms with Crippen molar-refractivity contribution in [2.45, 2.75) is 58.0 Å². The van der Waals surface area contributed by atoms with E-state index in [1.807, 2.05) is 60.2 Å². The molecule has 0 fully saturated rings. The number of aromatic nitrogens is 1. The first-order valence-corrected chi connectivity index (χ1v) is 13.0. The highest BCUT2D eigenvalue weighted by Crippen LogP contribution is 2.35. The lowest BCUT2D eigenvalue weighted by Gasteiger charge is -2.25. The van der Waals surface area contributed by atoms with E-state index >= 15 is 0 Å². The van der Waals surface area contributed by atoms with Crippen LogP contribution in [0, 0.1) is 6.92 Å². The molecule has 1 aliphatic heterocycles. The van der Waals surface area contributed by atoms with Gasteiger partial charge in [-0.1, -0.05) is 49.6 Å². The molecule has 3 aromatic rings. The molecule has 2 atom stereocenters. The summed E-state index contributed by atoms with van der Waals surface area (Å²) in [6.07, 6.45) is 5.08. The third kappa shape index (κ3) is 6.93. The van der Waals surface area contributed by atoms with Gasteiger partial charge in [-0.3, -0.25) is 9.59 Å². The molecular formula is C29H33ClN2O5. The Bertz CT molecular complexity index is 1290. The monoisotopic (exact) mass is 524 g/mol. The number of ether oxygens (including phenoxy) is 2. The van der Waals surface area contributed by atoms with Gasteiger partial charge in [0, 0.05) is 41.8 Å². The van der Waals surface area contributed by atoms with E-state index in [1.165, 1.54) is 0 Å². The highest BCUT2D eigenvalue weighted by atomic mass is 35.5. The number of hydrogen-bond acceptors (Lipinski definition) is 5. The van der Waals surface area contributed by atoms with Crippen LogP contribution in [0.5, 0.6) is 11.5 Å². The number of aliphatic carboxylic acids is 1. The number of fused-ring (bicyclic) bond motifs is 1. The van der Waals surface area contributed by atoms with Gasteiger partial charge in [0.05, 0.1) is 6.42 Å². The van der Waals surface area contributed by atoms with Crippen LogP contribution in [-0.4, -0.2) is 29.0 Å². The normalized spacial score (nSPS) is 13.9. The molecule has 0 aliphatic carbocycles. The molecule has 0 radical (unpaired) electrons. The summed E-state index contributed by atoms with van der Waals surface area (Å²) in [4.78, 5) is 25.3. The van der Waals surface area contributed by atoms with Gasteiger partial charge in [-0.25, -0.2) is 0 Å². The Morgan fingerprint density at radius 1 is 1.14 bits per heavy atom. The van der Waals surface area contributed by atoms with Gasteiger partial charge in [0.1, 0.15) is 0 Å². The second-order valence-corrected chi connectivity index (χ2v) is 9.96. The molecule has 0 spiro atoms. The van der Waals surface area contributed by atoms with Crippen molar-refractivity contribution in [3.8, 4) is 11.5 Å². The molecule has 1 aliphatic rings. The van der Waals surface area contributed by atoms with Crippen molar-refractivity contribution in [3.05, 3.63) is 92.4 Å². The molecule has 2 N–H and O–H groups in total. The largest absolute Gasteiger partial charge is 0.481 e. The summed E-state index contributed by atoms with van der Waals surface area (Å²) in [6, 6.07) is 14.4. The van der Waals surface area contributed by atoms with E-state index in [4.69, 9.17) is 21.1 Å². The number of carbonyl (C=O) groups is 1. The van der Waals surface area contributed by atoms with Crippen LogP contribution in [0.25, 0.3) is 0 Å². The predicted octanol–water partition coefficient (Wildman–Crippen LogP) is 5.67. The molecular weight excluding hydrogens is 492 g/mol. The molecule has 0 amide bonds. The minimum atomic E-state index is -0.904. The van der Waals surface area contributed by atoms with E-state index in [9.17, 15) is 14.7 Å². The average molecular weight is 525 g/mol. The van der Waals surface area contributed by atoms with Crippen LogP contribution in [0.15, 0.2) is 59.5 Å². The maximum atomic E-state index is 13.6. The number of pyridine rings is 1. The standard InChI is InChI=1S/C29H33ClN2O5/c1-3-4-5-24(16-31-25(15-28(33)34)21-8-11-26-27(14-21)37-18-36-26)32-17-19(2)12-22(29(32)35)13-20-6-9-23(30)10-7-20/h6-12,14,17,24-25,31H,3-5,13,15-16,18H2,1-2H3,(H,33,34)/t24?,25-/m0/s1. The van der Waals surface area contributed by atoms with E-state index in [0.29, 0.717) is 29.5 Å². The molecule has 2 heterocycles. The summed E-state index contributed by atoms with van der Waals surface area (Å²) in [5.41, 5.74) is 3.53. The lowest BCUT2D eigenvalue weighted by molar-refractivity contribution is -0.137. The number of rotatable bonds is 12. The minimum absolute atomic E-state index is 0.0266. The second kappa shape index (κ2) is 12.3. The first-order valence-electron chi connectivity index (χ1n) is 12.6. The van der Waals surface area contributed by atoms with Gasteiger partial charge < -0.3 is 24.5 Å². The molecule has 37 heavy (non-hydrogen) atoms. The van der Waals surface area contributed by atoms with E-state index in [-0.39, 0.29) is 24.8 Å². The summed E-state index contributed by atoms with van der Waals surface area (Å²) in [5.74, 6) is 0.357. The molecule has 0 saturated heterocycles. The van der Waals surface area contributed by atoms with E-state index in [2.05, 4.69) is 12.2 Å². The fourth-order valence-corrected chi connectivity index (χ4v) is 4.83. The summed E-state index contributed by atoms with van der Waals surface area (Å²) in [7, 11) is 0. The molecule has 7 nitrogen and oxygen atoms in total. The van der Waals surface area contributed by atoms with Gasteiger partial charge in [0.25, 0.3) is 5.56 Å². The van der Waals surface area contributed by atoms with Crippen LogP contribution in [0.1, 0.15) is 66.9 Å². The maximum absolute atomic E-state index is 13.6. The molecule has 1 aromatic heterocycles. The van der Waals surface area contributed by atoms with Crippen molar-refractivity contribution in [3.63, 3.8) is 0 Å². The maximum Gasteiger partial charge on any atom is 0.305 e. The fraction of sp³-hybridized carbons (Fsp3) is 0.379. The highest BCUT2D eigenvalue weighted by Gasteiger charge is 2.22. The molecule has 1 unspecified atom stereocenters. The fourth-order valence-electron chi connectivity index (χ4n) is 4.71. The number of nitrogens with one attached hydrogen (secondary N) is 1. The third-order valence-corrected chi connectivity index (χ3v) is 6.88. The number of unbranched alkanes of at least 4 members (excludes halogenated alkanes) is 1. The summed E-state index contributed by atoms with van der Waals surface area (Å²) in [6.45, 7) is 4.72. The van der Waals surface area contributed by atoms with Gasteiger partial charge in [-0.15, -0.1) is 0 Å². The Morgan fingerprint density at radius 3 is 2.62 bits per heavy atom. The predicted molar refractivity (Wildman–Crippen MR) is 144 cm³/mol. The highest BCUT2D eigenvalue weighted by molar-refractivity contribution is 6.30. The van der Waals surface area contributed by atoms with Crippen molar-refractivity contribution >= 4 is 17.6 Å². The van der Waals surface area contributed by atoms with Gasteiger partial charge in [-0.05, 0) is 60.4 Å². The number of halogens is 1. The van der Waals surface area contributed by atoms with Crippen molar-refractivity contribution in [1.29, 1.82) is 0 Å². The Balaban J connectivity index is 1.59. The van der Waals surface area contributed by atoms with Crippen LogP contribution in [-0.2, 0) is 11.2 Å². The number of hydrogen-bond donors (Lipinski definition) is 2. The quantitative estimate of drug-likeness (QED) is 0.317. The van der Waals surface area contributed by atoms with Gasteiger partial charge in [-0.2, -0.15) is 0 Å². The lowest BCUT2D eigenvalue weighted by atomic mass is 10.0. The van der Waals surface area contributed by atoms with E-state index in [1.54, 1.807) is 6.07 Å². The van der Waals surface area contributed by atoms with Crippen molar-refractivity contribution in [2.75, 3.05) is 13.3 Å². The molecule has 0 bridgehead atoms. The zero-order chi connectivity index (χ0) is 26.4. The SMILES string of the molecule is CCCCC(CN[C@@H](CC(=O)O)c1ccc2c(c1)OCO2)n1cc(C)cc(Cc2ccc(Cl)cc2)c1=O. The number of aryl methyl sites for hydroxylation is 1. The molecule has 2 aromatic carbocycles. The Kier molecular flexibility index (Phi) is 8.90. The molecule has 8 heteroatoms. The second-order valence-electron chi connectivity index (χ2n) is 9.53. The van der Waals surface area contributed by atoms with Gasteiger partial charge in [0.15, 0.2) is 11.5 Å². The Labute approximate surface area is 222 Å². The lowest BCUT2D eigenvalue weighted by Crippen LogP contribution is -2.36. The van der Waals surface area contributed by atoms with Crippen LogP contribution in [0.2, 0.25) is 5.02 Å². The first kappa shape index (κ1) is 26.8. The van der Waals surface area contributed by atoms with Crippen LogP contribution in [0.3, 0.4) is 0 Å². The Morgan fingerprint density at radius 2 is 1.89 bits per heavy atom. The molecule has 4 rings (SSSR count). The van der Waals surface area contributed by atoms with Crippen molar-refractivity contribution in [2.24, 2.45) is 0 Å². The number of benzene rings is 2. The van der Waals surface area contributed by atoms with E-state index < -0.39 is 12.0 Å². The minimum Gasteiger partial charge on any atom is -0.481 e. The smallest absolute Gasteiger partial charge is 0.305 e. The first-order chi connectivity index (χ1) is 17.8. The summed E-state index contributed by atoms with van der Waals surface area (Å²) in [5, 5.41) is 13.7. The number of carboxylic acids is 1. The van der Waals surface area contributed by atoms with Gasteiger partial charge in [0.2, 0.25) is 6.79 Å².